The number of carbonyl (C=O) groups is 2. The second-order valence-electron chi connectivity index (χ2n) is 11.9. The standard InChI is InChI=1S/C23H36N6O7/c1-22(2,3)35-20(30)26-9-14(10-26)27(21(31)36-23(4,5)6)12-16-24-25-17(33-16)15-8-7-13-11-28(15)18-19(34-18)29(13)32/h13-15,18-19,32H,7-12H2,1-6H3. The number of likely N-dealkylation sites (tertiary alicyclic amines) is 1. The molecule has 4 aliphatic heterocycles. The minimum Gasteiger partial charge on any atom is -0.444 e. The molecule has 0 aromatic carbocycles. The fourth-order valence-corrected chi connectivity index (χ4v) is 4.88. The third-order valence-corrected chi connectivity index (χ3v) is 6.66. The third-order valence-electron chi connectivity index (χ3n) is 6.66. The molecule has 4 aliphatic rings. The summed E-state index contributed by atoms with van der Waals surface area (Å²) in [5, 5.41) is 20.0. The molecule has 36 heavy (non-hydrogen) atoms. The summed E-state index contributed by atoms with van der Waals surface area (Å²) >= 11 is 0. The fraction of sp³-hybridized carbons (Fsp3) is 0.826. The Hall–Kier alpha value is -2.48. The van der Waals surface area contributed by atoms with E-state index in [1.165, 1.54) is 9.96 Å². The van der Waals surface area contributed by atoms with Gasteiger partial charge in [0.2, 0.25) is 11.8 Å². The number of ether oxygens (including phenoxy) is 3. The Labute approximate surface area is 210 Å². The molecule has 5 atom stereocenters. The van der Waals surface area contributed by atoms with Crippen molar-refractivity contribution >= 4 is 12.2 Å². The van der Waals surface area contributed by atoms with Crippen molar-refractivity contribution in [2.45, 2.75) is 103 Å². The fourth-order valence-electron chi connectivity index (χ4n) is 4.88. The molecule has 13 heteroatoms. The molecule has 0 spiro atoms. The smallest absolute Gasteiger partial charge is 0.411 e. The van der Waals surface area contributed by atoms with Crippen LogP contribution in [0.25, 0.3) is 0 Å². The number of piperidine rings is 1. The van der Waals surface area contributed by atoms with E-state index in [4.69, 9.17) is 18.6 Å². The quantitative estimate of drug-likeness (QED) is 0.600. The Morgan fingerprint density at radius 1 is 1.03 bits per heavy atom. The molecule has 1 aromatic rings. The van der Waals surface area contributed by atoms with E-state index in [9.17, 15) is 14.8 Å². The van der Waals surface area contributed by atoms with Crippen LogP contribution in [-0.2, 0) is 20.8 Å². The summed E-state index contributed by atoms with van der Waals surface area (Å²) in [5.41, 5.74) is -1.28. The van der Waals surface area contributed by atoms with E-state index in [2.05, 4.69) is 15.1 Å². The van der Waals surface area contributed by atoms with Crippen LogP contribution in [0.15, 0.2) is 4.42 Å². The Bertz CT molecular complexity index is 998. The van der Waals surface area contributed by atoms with Crippen molar-refractivity contribution in [3.8, 4) is 0 Å². The van der Waals surface area contributed by atoms with Gasteiger partial charge in [-0.05, 0) is 54.4 Å². The topological polar surface area (TPSA) is 137 Å². The SMILES string of the molecule is CC(C)(C)OC(=O)N1CC(N(Cc2nnc(C3CCC4CN3C3OC3N4O)o2)C(=O)OC(C)(C)C)C1. The van der Waals surface area contributed by atoms with Gasteiger partial charge in [-0.2, -0.15) is 5.06 Å². The maximum Gasteiger partial charge on any atom is 0.411 e. The van der Waals surface area contributed by atoms with Gasteiger partial charge < -0.3 is 28.7 Å². The molecule has 5 heterocycles. The summed E-state index contributed by atoms with van der Waals surface area (Å²) < 4.78 is 22.7. The highest BCUT2D eigenvalue weighted by atomic mass is 16.7. The molecule has 4 saturated heterocycles. The summed E-state index contributed by atoms with van der Waals surface area (Å²) in [5.74, 6) is 0.764. The van der Waals surface area contributed by atoms with E-state index in [1.807, 2.05) is 20.8 Å². The summed E-state index contributed by atoms with van der Waals surface area (Å²) in [6.45, 7) is 12.2. The molecular formula is C23H36N6O7. The number of rotatable bonds is 4. The maximum absolute atomic E-state index is 13.1. The van der Waals surface area contributed by atoms with E-state index in [1.54, 1.807) is 25.7 Å². The first-order valence-electron chi connectivity index (χ1n) is 12.5. The van der Waals surface area contributed by atoms with E-state index < -0.39 is 23.4 Å². The van der Waals surface area contributed by atoms with Gasteiger partial charge in [0.1, 0.15) is 17.7 Å². The van der Waals surface area contributed by atoms with Crippen LogP contribution in [0.4, 0.5) is 9.59 Å². The van der Waals surface area contributed by atoms with Gasteiger partial charge in [0.25, 0.3) is 0 Å². The van der Waals surface area contributed by atoms with Crippen LogP contribution >= 0.6 is 0 Å². The molecule has 0 aliphatic carbocycles. The number of hydroxylamine groups is 2. The Morgan fingerprint density at radius 3 is 2.39 bits per heavy atom. The molecule has 4 fully saturated rings. The number of epoxide rings is 1. The van der Waals surface area contributed by atoms with Crippen LogP contribution in [0, 0.1) is 0 Å². The van der Waals surface area contributed by atoms with Crippen molar-refractivity contribution < 1.29 is 33.4 Å². The number of hydrogen-bond donors (Lipinski definition) is 1. The van der Waals surface area contributed by atoms with Crippen molar-refractivity contribution in [2.24, 2.45) is 0 Å². The van der Waals surface area contributed by atoms with Crippen molar-refractivity contribution in [2.75, 3.05) is 19.6 Å². The van der Waals surface area contributed by atoms with E-state index in [-0.39, 0.29) is 37.1 Å². The monoisotopic (exact) mass is 508 g/mol. The first-order chi connectivity index (χ1) is 16.8. The Balaban J connectivity index is 1.26. The normalized spacial score (nSPS) is 30.3. The van der Waals surface area contributed by atoms with Crippen molar-refractivity contribution in [3.05, 3.63) is 11.8 Å². The minimum absolute atomic E-state index is 0.0292. The number of amides is 2. The number of piperazine rings is 1. The Morgan fingerprint density at radius 2 is 1.72 bits per heavy atom. The van der Waals surface area contributed by atoms with Crippen LogP contribution in [0.2, 0.25) is 0 Å². The summed E-state index contributed by atoms with van der Waals surface area (Å²) in [6, 6.07) is -0.342. The first kappa shape index (κ1) is 25.2. The molecule has 5 rings (SSSR count). The van der Waals surface area contributed by atoms with Gasteiger partial charge in [0.05, 0.1) is 18.1 Å². The zero-order valence-corrected chi connectivity index (χ0v) is 21.7. The lowest BCUT2D eigenvalue weighted by Gasteiger charge is -2.44. The number of carbonyl (C=O) groups excluding carboxylic acids is 2. The number of aromatic nitrogens is 2. The number of nitrogens with zero attached hydrogens (tertiary/aromatic N) is 6. The van der Waals surface area contributed by atoms with E-state index in [0.717, 1.165) is 12.8 Å². The van der Waals surface area contributed by atoms with Gasteiger partial charge in [-0.3, -0.25) is 9.80 Å². The Kier molecular flexibility index (Phi) is 6.17. The van der Waals surface area contributed by atoms with Crippen molar-refractivity contribution in [1.82, 2.24) is 30.0 Å². The van der Waals surface area contributed by atoms with Crippen LogP contribution in [-0.4, -0.2) is 103 Å². The molecule has 0 radical (unpaired) electrons. The summed E-state index contributed by atoms with van der Waals surface area (Å²) in [6.07, 6.45) is 0.127. The number of fused-ring (bicyclic) bond motifs is 4. The lowest BCUT2D eigenvalue weighted by atomic mass is 9.96. The minimum atomic E-state index is -0.682. The van der Waals surface area contributed by atoms with E-state index in [0.29, 0.717) is 31.4 Å². The third kappa shape index (κ3) is 5.15. The van der Waals surface area contributed by atoms with E-state index >= 15 is 0 Å². The molecule has 1 aromatic heterocycles. The number of hydrogen-bond acceptors (Lipinski definition) is 11. The highest BCUT2D eigenvalue weighted by Crippen LogP contribution is 2.45. The zero-order chi connectivity index (χ0) is 26.0. The van der Waals surface area contributed by atoms with Crippen LogP contribution in [0.3, 0.4) is 0 Å². The molecule has 1 N–H and O–H groups in total. The van der Waals surface area contributed by atoms with Crippen LogP contribution in [0.5, 0.6) is 0 Å². The zero-order valence-electron chi connectivity index (χ0n) is 21.7. The second kappa shape index (κ2) is 8.82. The molecule has 13 nitrogen and oxygen atoms in total. The van der Waals surface area contributed by atoms with Gasteiger partial charge in [-0.25, -0.2) is 9.59 Å². The van der Waals surface area contributed by atoms with Gasteiger partial charge in [-0.15, -0.1) is 10.2 Å². The molecule has 2 amide bonds. The molecule has 5 unspecified atom stereocenters. The first-order valence-corrected chi connectivity index (χ1v) is 12.5. The van der Waals surface area contributed by atoms with Crippen molar-refractivity contribution in [3.63, 3.8) is 0 Å². The lowest BCUT2D eigenvalue weighted by molar-refractivity contribution is -0.187. The average Bonchev–Trinajstić information content (AvgIpc) is 3.39. The predicted molar refractivity (Wildman–Crippen MR) is 122 cm³/mol. The van der Waals surface area contributed by atoms with Crippen molar-refractivity contribution in [1.29, 1.82) is 0 Å². The summed E-state index contributed by atoms with van der Waals surface area (Å²) in [7, 11) is 0. The molecule has 200 valence electrons. The molecule has 2 bridgehead atoms. The molecule has 0 saturated carbocycles. The van der Waals surface area contributed by atoms with Gasteiger partial charge in [0, 0.05) is 19.6 Å². The predicted octanol–water partition coefficient (Wildman–Crippen LogP) is 2.32. The highest BCUT2D eigenvalue weighted by Gasteiger charge is 2.58. The van der Waals surface area contributed by atoms with Crippen LogP contribution in [0.1, 0.15) is 72.2 Å². The van der Waals surface area contributed by atoms with Gasteiger partial charge in [0.15, 0.2) is 12.5 Å². The van der Waals surface area contributed by atoms with Crippen LogP contribution < -0.4 is 0 Å². The lowest BCUT2D eigenvalue weighted by Crippen LogP contribution is -2.63. The largest absolute Gasteiger partial charge is 0.444 e. The highest BCUT2D eigenvalue weighted by molar-refractivity contribution is 5.72. The van der Waals surface area contributed by atoms with Gasteiger partial charge >= 0.3 is 12.2 Å². The van der Waals surface area contributed by atoms with Gasteiger partial charge in [-0.1, -0.05) is 0 Å². The second-order valence-corrected chi connectivity index (χ2v) is 11.9. The maximum atomic E-state index is 13.1. The summed E-state index contributed by atoms with van der Waals surface area (Å²) in [4.78, 5) is 30.7. The average molecular weight is 509 g/mol. The molecular weight excluding hydrogens is 472 g/mol.